The van der Waals surface area contributed by atoms with Crippen molar-refractivity contribution in [2.24, 2.45) is 5.92 Å². The molecule has 0 spiro atoms. The number of hydrogen-bond donors (Lipinski definition) is 1. The molecule has 18 heavy (non-hydrogen) atoms. The van der Waals surface area contributed by atoms with Gasteiger partial charge in [-0.3, -0.25) is 9.59 Å². The molecule has 5 heteroatoms. The fraction of sp³-hybridized carbons (Fsp3) is 0.846. The van der Waals surface area contributed by atoms with Crippen molar-refractivity contribution in [1.29, 1.82) is 0 Å². The number of likely N-dealkylation sites (tertiary alicyclic amines) is 1. The number of amides is 2. The zero-order valence-corrected chi connectivity index (χ0v) is 11.2. The third-order valence-corrected chi connectivity index (χ3v) is 3.85. The first kappa shape index (κ1) is 13.3. The maximum Gasteiger partial charge on any atom is 0.242 e. The second-order valence-electron chi connectivity index (χ2n) is 5.33. The number of carbonyl (C=O) groups excluding carboxylic acids is 2. The molecule has 2 rings (SSSR count). The summed E-state index contributed by atoms with van der Waals surface area (Å²) in [5.41, 5.74) is 0. The summed E-state index contributed by atoms with van der Waals surface area (Å²) < 4.78 is 0. The van der Waals surface area contributed by atoms with Gasteiger partial charge in [0, 0.05) is 26.7 Å². The highest BCUT2D eigenvalue weighted by Crippen LogP contribution is 2.13. The minimum atomic E-state index is 0.0510. The summed E-state index contributed by atoms with van der Waals surface area (Å²) >= 11 is 0. The van der Waals surface area contributed by atoms with Crippen LogP contribution in [-0.2, 0) is 9.59 Å². The van der Waals surface area contributed by atoms with E-state index in [0.717, 1.165) is 51.9 Å². The SMILES string of the molecule is CN(CC(=O)N1CCCC1)C(=O)[C@@H]1CCCNC1. The van der Waals surface area contributed by atoms with Gasteiger partial charge >= 0.3 is 0 Å². The molecule has 0 aromatic rings. The maximum atomic E-state index is 12.2. The van der Waals surface area contributed by atoms with Crippen LogP contribution in [0.4, 0.5) is 0 Å². The molecular weight excluding hydrogens is 230 g/mol. The van der Waals surface area contributed by atoms with Crippen LogP contribution in [-0.4, -0.2) is 61.4 Å². The normalized spacial score (nSPS) is 24.1. The summed E-state index contributed by atoms with van der Waals surface area (Å²) in [4.78, 5) is 27.6. The quantitative estimate of drug-likeness (QED) is 0.774. The van der Waals surface area contributed by atoms with Crippen LogP contribution in [0.3, 0.4) is 0 Å². The lowest BCUT2D eigenvalue weighted by Crippen LogP contribution is -2.45. The molecule has 2 heterocycles. The highest BCUT2D eigenvalue weighted by molar-refractivity contribution is 5.86. The Morgan fingerprint density at radius 2 is 2.00 bits per heavy atom. The monoisotopic (exact) mass is 253 g/mol. The Hall–Kier alpha value is -1.10. The van der Waals surface area contributed by atoms with Gasteiger partial charge in [0.2, 0.25) is 11.8 Å². The van der Waals surface area contributed by atoms with E-state index >= 15 is 0 Å². The largest absolute Gasteiger partial charge is 0.341 e. The summed E-state index contributed by atoms with van der Waals surface area (Å²) in [7, 11) is 1.74. The smallest absolute Gasteiger partial charge is 0.242 e. The van der Waals surface area contributed by atoms with Gasteiger partial charge in [0.1, 0.15) is 0 Å². The van der Waals surface area contributed by atoms with E-state index in [1.54, 1.807) is 11.9 Å². The zero-order chi connectivity index (χ0) is 13.0. The molecule has 0 aromatic heterocycles. The third kappa shape index (κ3) is 3.22. The average Bonchev–Trinajstić information content (AvgIpc) is 2.92. The first-order valence-electron chi connectivity index (χ1n) is 6.92. The Labute approximate surface area is 108 Å². The van der Waals surface area contributed by atoms with E-state index in [-0.39, 0.29) is 24.3 Å². The van der Waals surface area contributed by atoms with Crippen LogP contribution in [0.25, 0.3) is 0 Å². The second-order valence-corrected chi connectivity index (χ2v) is 5.33. The topological polar surface area (TPSA) is 52.7 Å². The predicted molar refractivity (Wildman–Crippen MR) is 69.0 cm³/mol. The Morgan fingerprint density at radius 1 is 1.28 bits per heavy atom. The van der Waals surface area contributed by atoms with Crippen molar-refractivity contribution in [2.45, 2.75) is 25.7 Å². The second kappa shape index (κ2) is 6.18. The van der Waals surface area contributed by atoms with Crippen molar-refractivity contribution in [3.05, 3.63) is 0 Å². The molecule has 1 N–H and O–H groups in total. The molecule has 102 valence electrons. The average molecular weight is 253 g/mol. The highest BCUT2D eigenvalue weighted by Gasteiger charge is 2.26. The lowest BCUT2D eigenvalue weighted by atomic mass is 9.98. The number of hydrogen-bond acceptors (Lipinski definition) is 3. The minimum absolute atomic E-state index is 0.0510. The van der Waals surface area contributed by atoms with E-state index in [9.17, 15) is 9.59 Å². The third-order valence-electron chi connectivity index (χ3n) is 3.85. The standard InChI is InChI=1S/C13H23N3O2/c1-15(10-12(17)16-7-2-3-8-16)13(18)11-5-4-6-14-9-11/h11,14H,2-10H2,1H3/t11-/m1/s1. The van der Waals surface area contributed by atoms with E-state index in [4.69, 9.17) is 0 Å². The van der Waals surface area contributed by atoms with Gasteiger partial charge in [0.15, 0.2) is 0 Å². The molecule has 0 radical (unpaired) electrons. The van der Waals surface area contributed by atoms with Crippen LogP contribution >= 0.6 is 0 Å². The first-order chi connectivity index (χ1) is 8.68. The molecule has 0 unspecified atom stereocenters. The Balaban J connectivity index is 1.80. The molecule has 2 aliphatic heterocycles. The van der Waals surface area contributed by atoms with Crippen LogP contribution < -0.4 is 5.32 Å². The van der Waals surface area contributed by atoms with Gasteiger partial charge in [-0.05, 0) is 32.2 Å². The molecule has 1 atom stereocenters. The fourth-order valence-electron chi connectivity index (χ4n) is 2.72. The van der Waals surface area contributed by atoms with E-state index in [1.807, 2.05) is 4.90 Å². The van der Waals surface area contributed by atoms with Gasteiger partial charge in [-0.15, -0.1) is 0 Å². The van der Waals surface area contributed by atoms with Crippen molar-refractivity contribution in [1.82, 2.24) is 15.1 Å². The molecule has 2 fully saturated rings. The predicted octanol–water partition coefficient (Wildman–Crippen LogP) is 0.0668. The van der Waals surface area contributed by atoms with E-state index in [0.29, 0.717) is 0 Å². The number of piperidine rings is 1. The highest BCUT2D eigenvalue weighted by atomic mass is 16.2. The molecule has 2 aliphatic rings. The minimum Gasteiger partial charge on any atom is -0.341 e. The molecule has 0 aromatic carbocycles. The van der Waals surface area contributed by atoms with Crippen molar-refractivity contribution in [2.75, 3.05) is 39.8 Å². The van der Waals surface area contributed by atoms with Gasteiger partial charge in [0.05, 0.1) is 12.5 Å². The maximum absolute atomic E-state index is 12.2. The summed E-state index contributed by atoms with van der Waals surface area (Å²) in [6.45, 7) is 3.69. The molecule has 2 saturated heterocycles. The molecule has 0 bridgehead atoms. The van der Waals surface area contributed by atoms with Crippen molar-refractivity contribution >= 4 is 11.8 Å². The van der Waals surface area contributed by atoms with Crippen molar-refractivity contribution in [3.63, 3.8) is 0 Å². The van der Waals surface area contributed by atoms with E-state index in [2.05, 4.69) is 5.32 Å². The number of nitrogens with one attached hydrogen (secondary N) is 1. The number of rotatable bonds is 3. The molecule has 0 aliphatic carbocycles. The van der Waals surface area contributed by atoms with E-state index in [1.165, 1.54) is 0 Å². The first-order valence-corrected chi connectivity index (χ1v) is 6.92. The lowest BCUT2D eigenvalue weighted by Gasteiger charge is -2.27. The van der Waals surface area contributed by atoms with Gasteiger partial charge in [0.25, 0.3) is 0 Å². The molecule has 0 saturated carbocycles. The van der Waals surface area contributed by atoms with Crippen LogP contribution in [0.2, 0.25) is 0 Å². The number of carbonyl (C=O) groups is 2. The van der Waals surface area contributed by atoms with Gasteiger partial charge in [-0.25, -0.2) is 0 Å². The van der Waals surface area contributed by atoms with E-state index < -0.39 is 0 Å². The van der Waals surface area contributed by atoms with Crippen LogP contribution in [0.1, 0.15) is 25.7 Å². The summed E-state index contributed by atoms with van der Waals surface area (Å²) in [6.07, 6.45) is 4.17. The zero-order valence-electron chi connectivity index (χ0n) is 11.2. The van der Waals surface area contributed by atoms with Crippen LogP contribution in [0, 0.1) is 5.92 Å². The Morgan fingerprint density at radius 3 is 2.61 bits per heavy atom. The summed E-state index contributed by atoms with van der Waals surface area (Å²) in [5, 5.41) is 3.24. The van der Waals surface area contributed by atoms with Gasteiger partial charge in [-0.1, -0.05) is 0 Å². The summed E-state index contributed by atoms with van der Waals surface area (Å²) in [6, 6.07) is 0. The van der Waals surface area contributed by atoms with Gasteiger partial charge < -0.3 is 15.1 Å². The molecule has 5 nitrogen and oxygen atoms in total. The van der Waals surface area contributed by atoms with Crippen LogP contribution in [0.5, 0.6) is 0 Å². The van der Waals surface area contributed by atoms with Gasteiger partial charge in [-0.2, -0.15) is 0 Å². The molecule has 2 amide bonds. The Bertz CT molecular complexity index is 307. The number of nitrogens with zero attached hydrogens (tertiary/aromatic N) is 2. The lowest BCUT2D eigenvalue weighted by molar-refractivity contribution is -0.141. The fourth-order valence-corrected chi connectivity index (χ4v) is 2.72. The summed E-state index contributed by atoms with van der Waals surface area (Å²) in [5.74, 6) is 0.247. The molecular formula is C13H23N3O2. The van der Waals surface area contributed by atoms with Crippen LogP contribution in [0.15, 0.2) is 0 Å². The van der Waals surface area contributed by atoms with Crippen molar-refractivity contribution < 1.29 is 9.59 Å². The number of likely N-dealkylation sites (N-methyl/N-ethyl adjacent to an activating group) is 1. The van der Waals surface area contributed by atoms with Crippen molar-refractivity contribution in [3.8, 4) is 0 Å². The Kier molecular flexibility index (Phi) is 4.58.